The molecule has 8 nitrogen and oxygen atoms in total. The van der Waals surface area contributed by atoms with E-state index in [0.717, 1.165) is 6.42 Å². The lowest BCUT2D eigenvalue weighted by Crippen LogP contribution is -2.61. The van der Waals surface area contributed by atoms with Crippen LogP contribution in [0.3, 0.4) is 0 Å². The predicted octanol–water partition coefficient (Wildman–Crippen LogP) is 6.79. The van der Waals surface area contributed by atoms with Gasteiger partial charge in [-0.1, -0.05) is 130 Å². The van der Waals surface area contributed by atoms with Crippen LogP contribution in [0.25, 0.3) is 0 Å². The van der Waals surface area contributed by atoms with Crippen molar-refractivity contribution < 1.29 is 0 Å². The van der Waals surface area contributed by atoms with Gasteiger partial charge in [-0.3, -0.25) is 42.5 Å². The minimum absolute atomic E-state index is 0.177. The molecule has 0 spiro atoms. The average molecular weight is 781 g/mol. The van der Waals surface area contributed by atoms with Gasteiger partial charge in [0.15, 0.2) is 0 Å². The lowest BCUT2D eigenvalue weighted by Gasteiger charge is -2.48. The lowest BCUT2D eigenvalue weighted by molar-refractivity contribution is 0.128. The Labute approximate surface area is 347 Å². The van der Waals surface area contributed by atoms with Crippen molar-refractivity contribution in [2.45, 2.75) is 151 Å². The van der Waals surface area contributed by atoms with E-state index in [4.69, 9.17) is 0 Å². The summed E-state index contributed by atoms with van der Waals surface area (Å²) in [4.78, 5) is 0. The molecule has 308 valence electrons. The Kier molecular flexibility index (Phi) is 10.0. The number of hydrogen-bond donors (Lipinski definition) is 8. The Bertz CT molecular complexity index is 1850. The summed E-state index contributed by atoms with van der Waals surface area (Å²) < 4.78 is 0. The average Bonchev–Trinajstić information content (AvgIpc) is 4.02. The molecule has 12 rings (SSSR count). The van der Waals surface area contributed by atoms with Crippen LogP contribution in [-0.4, -0.2) is 49.3 Å². The SMILES string of the molecule is c1ccc(C2CC3C4NC5NC(NC6NC(NC7NC(NC(N4)C3C(c3ccccc3)C2c2ccccc2)C2CCCCC72)C2CCCCC62)C2CCCCC52)cc1. The molecule has 9 fully saturated rings. The first-order chi connectivity index (χ1) is 28.7. The Morgan fingerprint density at radius 1 is 0.293 bits per heavy atom. The normalized spacial score (nSPS) is 47.1. The summed E-state index contributed by atoms with van der Waals surface area (Å²) in [5.41, 5.74) is 4.45. The van der Waals surface area contributed by atoms with Crippen molar-refractivity contribution >= 4 is 0 Å². The highest BCUT2D eigenvalue weighted by Crippen LogP contribution is 2.59. The van der Waals surface area contributed by atoms with E-state index in [1.807, 2.05) is 0 Å². The van der Waals surface area contributed by atoms with Gasteiger partial charge in [0.25, 0.3) is 0 Å². The Morgan fingerprint density at radius 2 is 0.586 bits per heavy atom. The van der Waals surface area contributed by atoms with Gasteiger partial charge >= 0.3 is 0 Å². The van der Waals surface area contributed by atoms with Crippen LogP contribution in [-0.2, 0) is 0 Å². The van der Waals surface area contributed by atoms with Crippen LogP contribution >= 0.6 is 0 Å². The summed E-state index contributed by atoms with van der Waals surface area (Å²) in [6, 6.07) is 34.9. The zero-order valence-corrected chi connectivity index (χ0v) is 34.3. The third-order valence-corrected chi connectivity index (χ3v) is 17.7. The number of hydrogen-bond acceptors (Lipinski definition) is 8. The van der Waals surface area contributed by atoms with Crippen LogP contribution in [0.1, 0.15) is 118 Å². The molecule has 5 aliphatic heterocycles. The van der Waals surface area contributed by atoms with Gasteiger partial charge in [-0.25, -0.2) is 0 Å². The minimum atomic E-state index is 0.177. The van der Waals surface area contributed by atoms with Crippen LogP contribution in [0.2, 0.25) is 0 Å². The van der Waals surface area contributed by atoms with Crippen molar-refractivity contribution in [3.05, 3.63) is 108 Å². The first-order valence-electron chi connectivity index (χ1n) is 24.0. The Morgan fingerprint density at radius 3 is 0.948 bits per heavy atom. The van der Waals surface area contributed by atoms with Gasteiger partial charge in [0.2, 0.25) is 0 Å². The van der Waals surface area contributed by atoms with Gasteiger partial charge < -0.3 is 0 Å². The smallest absolute Gasteiger partial charge is 0.0634 e. The second-order valence-corrected chi connectivity index (χ2v) is 20.4. The number of rotatable bonds is 3. The summed E-state index contributed by atoms with van der Waals surface area (Å²) >= 11 is 0. The summed E-state index contributed by atoms with van der Waals surface area (Å²) in [6.45, 7) is 0. The van der Waals surface area contributed by atoms with Gasteiger partial charge in [0, 0.05) is 5.92 Å². The second-order valence-electron chi connectivity index (χ2n) is 20.4. The third kappa shape index (κ3) is 6.47. The summed E-state index contributed by atoms with van der Waals surface area (Å²) in [6.07, 6.45) is 19.6. The number of fused-ring (bicyclic) bond motifs is 20. The fourth-order valence-electron chi connectivity index (χ4n) is 15.4. The van der Waals surface area contributed by atoms with Crippen LogP contribution in [0.15, 0.2) is 91.0 Å². The van der Waals surface area contributed by atoms with Crippen molar-refractivity contribution in [1.82, 2.24) is 42.5 Å². The number of benzene rings is 3. The highest BCUT2D eigenvalue weighted by Gasteiger charge is 2.58. The maximum atomic E-state index is 4.49. The molecule has 4 saturated carbocycles. The molecule has 9 aliphatic rings. The van der Waals surface area contributed by atoms with Crippen molar-refractivity contribution in [3.8, 4) is 0 Å². The molecular formula is C50H68N8. The Balaban J connectivity index is 0.972. The van der Waals surface area contributed by atoms with Crippen molar-refractivity contribution in [3.63, 3.8) is 0 Å². The molecular weight excluding hydrogens is 713 g/mol. The standard InChI is InChI=1S/C50H68N8/c1-4-16-29(17-5-1)38-28-39-42(41(31-20-8-3-9-21-31)40(38)30-18-6-2-7-19-30)50-57-48-37-27-15-14-26-36(37)46(55-48)53-44-33-23-11-10-22-32(33)43(51-44)52-45-34-24-12-13-25-35(34)47(54-45)56-49(39)58-50/h1-9,16-21,32-58H,10-15,22-28H2. The van der Waals surface area contributed by atoms with E-state index in [0.29, 0.717) is 95.9 Å². The molecule has 8 N–H and O–H groups in total. The van der Waals surface area contributed by atoms with Gasteiger partial charge in [-0.2, -0.15) is 0 Å². The second kappa shape index (κ2) is 15.7. The van der Waals surface area contributed by atoms with Crippen molar-refractivity contribution in [2.75, 3.05) is 0 Å². The largest absolute Gasteiger partial charge is 0.286 e. The molecule has 58 heavy (non-hydrogen) atoms. The van der Waals surface area contributed by atoms with Crippen LogP contribution in [0.5, 0.6) is 0 Å². The molecule has 3 aromatic rings. The predicted molar refractivity (Wildman–Crippen MR) is 231 cm³/mol. The first-order valence-corrected chi connectivity index (χ1v) is 24.0. The van der Waals surface area contributed by atoms with Gasteiger partial charge in [-0.05, 0) is 121 Å². The van der Waals surface area contributed by atoms with E-state index in [9.17, 15) is 0 Å². The molecule has 8 bridgehead atoms. The molecule has 5 heterocycles. The zero-order valence-electron chi connectivity index (χ0n) is 34.3. The highest BCUT2D eigenvalue weighted by atomic mass is 15.4. The van der Waals surface area contributed by atoms with E-state index in [-0.39, 0.29) is 18.5 Å². The molecule has 3 aromatic carbocycles. The molecule has 0 radical (unpaired) electrons. The zero-order chi connectivity index (χ0) is 38.2. The summed E-state index contributed by atoms with van der Waals surface area (Å²) in [7, 11) is 0. The van der Waals surface area contributed by atoms with E-state index in [2.05, 4.69) is 134 Å². The van der Waals surface area contributed by atoms with Gasteiger partial charge in [0.1, 0.15) is 0 Å². The van der Waals surface area contributed by atoms with Crippen molar-refractivity contribution in [1.29, 1.82) is 0 Å². The molecule has 8 heteroatoms. The monoisotopic (exact) mass is 781 g/mol. The number of nitrogens with one attached hydrogen (secondary N) is 8. The highest BCUT2D eigenvalue weighted by molar-refractivity contribution is 5.38. The molecule has 0 aromatic heterocycles. The van der Waals surface area contributed by atoms with Crippen LogP contribution in [0.4, 0.5) is 0 Å². The minimum Gasteiger partial charge on any atom is -0.286 e. The lowest BCUT2D eigenvalue weighted by atomic mass is 9.56. The first kappa shape index (κ1) is 37.1. The van der Waals surface area contributed by atoms with E-state index in [1.165, 1.54) is 93.7 Å². The Hall–Kier alpha value is -2.66. The van der Waals surface area contributed by atoms with Crippen LogP contribution in [0, 0.1) is 47.3 Å². The maximum absolute atomic E-state index is 4.49. The fourth-order valence-corrected chi connectivity index (χ4v) is 15.4. The van der Waals surface area contributed by atoms with Crippen LogP contribution < -0.4 is 42.5 Å². The van der Waals surface area contributed by atoms with Gasteiger partial charge in [0.05, 0.1) is 49.3 Å². The fraction of sp³-hybridized carbons (Fsp3) is 0.640. The molecule has 5 saturated heterocycles. The van der Waals surface area contributed by atoms with E-state index < -0.39 is 0 Å². The molecule has 4 aliphatic carbocycles. The van der Waals surface area contributed by atoms with E-state index in [1.54, 1.807) is 0 Å². The van der Waals surface area contributed by atoms with Gasteiger partial charge in [-0.15, -0.1) is 0 Å². The topological polar surface area (TPSA) is 96.2 Å². The molecule has 19 atom stereocenters. The molecule has 0 amide bonds. The summed E-state index contributed by atoms with van der Waals surface area (Å²) in [5.74, 6) is 5.96. The summed E-state index contributed by atoms with van der Waals surface area (Å²) in [5, 5.41) is 34.9. The third-order valence-electron chi connectivity index (χ3n) is 17.7. The van der Waals surface area contributed by atoms with E-state index >= 15 is 0 Å². The quantitative estimate of drug-likeness (QED) is 0.148. The maximum Gasteiger partial charge on any atom is 0.0634 e. The van der Waals surface area contributed by atoms with Crippen molar-refractivity contribution in [2.24, 2.45) is 47.3 Å². The molecule has 19 unspecified atom stereocenters.